The molecule has 0 aromatic rings. The van der Waals surface area contributed by atoms with Gasteiger partial charge in [-0.2, -0.15) is 0 Å². The van der Waals surface area contributed by atoms with Crippen LogP contribution in [0.2, 0.25) is 0 Å². The zero-order valence-electron chi connectivity index (χ0n) is 6.61. The molecule has 0 bridgehead atoms. The first kappa shape index (κ1) is 8.79. The summed E-state index contributed by atoms with van der Waals surface area (Å²) in [5, 5.41) is -0.257. The van der Waals surface area contributed by atoms with Gasteiger partial charge in [-0.05, 0) is 37.3 Å². The second kappa shape index (κ2) is 4.55. The van der Waals surface area contributed by atoms with Gasteiger partial charge in [-0.3, -0.25) is 4.79 Å². The molecule has 62 valence electrons. The highest BCUT2D eigenvalue weighted by molar-refractivity contribution is 6.67. The van der Waals surface area contributed by atoms with Crippen LogP contribution in [-0.4, -0.2) is 5.24 Å². The Hall–Kier alpha value is -0.300. The largest absolute Gasteiger partial charge is 0.276 e. The van der Waals surface area contributed by atoms with Gasteiger partial charge in [0.25, 0.3) is 0 Å². The molecule has 1 rings (SSSR count). The topological polar surface area (TPSA) is 17.1 Å². The highest BCUT2D eigenvalue weighted by Crippen LogP contribution is 2.18. The summed E-state index contributed by atoms with van der Waals surface area (Å²) in [4.78, 5) is 10.8. The first-order chi connectivity index (χ1) is 5.30. The Balaban J connectivity index is 2.52. The molecule has 2 heteroatoms. The lowest BCUT2D eigenvalue weighted by Gasteiger charge is -2.06. The number of halogens is 1. The Morgan fingerprint density at radius 2 is 2.00 bits per heavy atom. The lowest BCUT2D eigenvalue weighted by atomic mass is 10.0. The van der Waals surface area contributed by atoms with Gasteiger partial charge in [-0.25, -0.2) is 0 Å². The van der Waals surface area contributed by atoms with Crippen LogP contribution in [0.25, 0.3) is 0 Å². The minimum atomic E-state index is -0.257. The standard InChI is InChI=1S/C9H13ClO/c10-9(11)8-6-4-2-1-3-5-7-8/h6H,1-5,7H2. The average molecular weight is 173 g/mol. The second-order valence-corrected chi connectivity index (χ2v) is 3.30. The molecule has 0 aromatic carbocycles. The van der Waals surface area contributed by atoms with Crippen molar-refractivity contribution >= 4 is 16.8 Å². The number of carbonyl (C=O) groups excluding carboxylic acids is 1. The van der Waals surface area contributed by atoms with Gasteiger partial charge in [-0.1, -0.05) is 18.9 Å². The molecule has 0 saturated carbocycles. The van der Waals surface area contributed by atoms with E-state index in [0.717, 1.165) is 24.8 Å². The number of allylic oxidation sites excluding steroid dienone is 2. The van der Waals surface area contributed by atoms with Crippen molar-refractivity contribution in [2.45, 2.75) is 38.5 Å². The molecule has 0 spiro atoms. The van der Waals surface area contributed by atoms with E-state index in [-0.39, 0.29) is 5.24 Å². The fourth-order valence-corrected chi connectivity index (χ4v) is 1.54. The fraction of sp³-hybridized carbons (Fsp3) is 0.667. The first-order valence-corrected chi connectivity index (χ1v) is 4.57. The van der Waals surface area contributed by atoms with E-state index in [1.807, 2.05) is 6.08 Å². The zero-order chi connectivity index (χ0) is 8.10. The monoisotopic (exact) mass is 172 g/mol. The van der Waals surface area contributed by atoms with Crippen LogP contribution in [-0.2, 0) is 4.79 Å². The molecule has 0 unspecified atom stereocenters. The van der Waals surface area contributed by atoms with Crippen LogP contribution in [0.15, 0.2) is 11.6 Å². The molecule has 1 aliphatic rings. The van der Waals surface area contributed by atoms with Crippen molar-refractivity contribution in [3.8, 4) is 0 Å². The molecule has 0 N–H and O–H groups in total. The Labute approximate surface area is 72.4 Å². The number of rotatable bonds is 1. The van der Waals surface area contributed by atoms with Crippen molar-refractivity contribution in [1.82, 2.24) is 0 Å². The van der Waals surface area contributed by atoms with E-state index in [2.05, 4.69) is 0 Å². The Bertz CT molecular complexity index is 172. The molecule has 11 heavy (non-hydrogen) atoms. The van der Waals surface area contributed by atoms with Gasteiger partial charge in [0.1, 0.15) is 0 Å². The average Bonchev–Trinajstić information content (AvgIpc) is 1.84. The van der Waals surface area contributed by atoms with E-state index in [9.17, 15) is 4.79 Å². The normalized spacial score (nSPS) is 19.9. The zero-order valence-corrected chi connectivity index (χ0v) is 7.36. The highest BCUT2D eigenvalue weighted by atomic mass is 35.5. The summed E-state index contributed by atoms with van der Waals surface area (Å²) in [5.74, 6) is 0. The summed E-state index contributed by atoms with van der Waals surface area (Å²) in [6, 6.07) is 0. The van der Waals surface area contributed by atoms with Crippen molar-refractivity contribution < 1.29 is 4.79 Å². The quantitative estimate of drug-likeness (QED) is 0.556. The predicted molar refractivity (Wildman–Crippen MR) is 46.6 cm³/mol. The summed E-state index contributed by atoms with van der Waals surface area (Å²) in [6.07, 6.45) is 8.74. The van der Waals surface area contributed by atoms with Gasteiger partial charge in [0.15, 0.2) is 0 Å². The summed E-state index contributed by atoms with van der Waals surface area (Å²) in [5.41, 5.74) is 0.825. The van der Waals surface area contributed by atoms with Gasteiger partial charge >= 0.3 is 0 Å². The van der Waals surface area contributed by atoms with Crippen molar-refractivity contribution in [1.29, 1.82) is 0 Å². The third-order valence-electron chi connectivity index (χ3n) is 2.04. The third-order valence-corrected chi connectivity index (χ3v) is 2.29. The second-order valence-electron chi connectivity index (χ2n) is 2.96. The Morgan fingerprint density at radius 3 is 2.73 bits per heavy atom. The van der Waals surface area contributed by atoms with Gasteiger partial charge in [0.05, 0.1) is 0 Å². The fourth-order valence-electron chi connectivity index (χ4n) is 1.37. The predicted octanol–water partition coefficient (Wildman–Crippen LogP) is 3.03. The Kier molecular flexibility index (Phi) is 3.64. The van der Waals surface area contributed by atoms with Crippen LogP contribution in [0.4, 0.5) is 0 Å². The van der Waals surface area contributed by atoms with E-state index in [0.29, 0.717) is 0 Å². The number of carbonyl (C=O) groups is 1. The van der Waals surface area contributed by atoms with Crippen LogP contribution < -0.4 is 0 Å². The van der Waals surface area contributed by atoms with Gasteiger partial charge < -0.3 is 0 Å². The van der Waals surface area contributed by atoms with Crippen LogP contribution in [0.5, 0.6) is 0 Å². The molecular weight excluding hydrogens is 160 g/mol. The van der Waals surface area contributed by atoms with Crippen LogP contribution >= 0.6 is 11.6 Å². The maximum atomic E-state index is 10.8. The molecule has 0 aliphatic heterocycles. The minimum absolute atomic E-state index is 0.257. The summed E-state index contributed by atoms with van der Waals surface area (Å²) in [7, 11) is 0. The van der Waals surface area contributed by atoms with Crippen molar-refractivity contribution in [2.24, 2.45) is 0 Å². The van der Waals surface area contributed by atoms with Gasteiger partial charge in [-0.15, -0.1) is 0 Å². The molecule has 1 nitrogen and oxygen atoms in total. The molecule has 0 saturated heterocycles. The smallest absolute Gasteiger partial charge is 0.248 e. The van der Waals surface area contributed by atoms with E-state index in [1.165, 1.54) is 19.3 Å². The maximum Gasteiger partial charge on any atom is 0.248 e. The van der Waals surface area contributed by atoms with Crippen LogP contribution in [0, 0.1) is 0 Å². The van der Waals surface area contributed by atoms with E-state index in [1.54, 1.807) is 0 Å². The number of hydrogen-bond acceptors (Lipinski definition) is 1. The molecular formula is C9H13ClO. The molecule has 0 radical (unpaired) electrons. The molecule has 1 aliphatic carbocycles. The van der Waals surface area contributed by atoms with Crippen molar-refractivity contribution in [3.05, 3.63) is 11.6 Å². The molecule has 0 atom stereocenters. The van der Waals surface area contributed by atoms with Crippen molar-refractivity contribution in [3.63, 3.8) is 0 Å². The lowest BCUT2D eigenvalue weighted by molar-refractivity contribution is -0.108. The summed E-state index contributed by atoms with van der Waals surface area (Å²) < 4.78 is 0. The first-order valence-electron chi connectivity index (χ1n) is 4.19. The summed E-state index contributed by atoms with van der Waals surface area (Å²) >= 11 is 5.38. The summed E-state index contributed by atoms with van der Waals surface area (Å²) in [6.45, 7) is 0. The van der Waals surface area contributed by atoms with E-state index in [4.69, 9.17) is 11.6 Å². The minimum Gasteiger partial charge on any atom is -0.276 e. The highest BCUT2D eigenvalue weighted by Gasteiger charge is 2.06. The van der Waals surface area contributed by atoms with Crippen molar-refractivity contribution in [2.75, 3.05) is 0 Å². The number of hydrogen-bond donors (Lipinski definition) is 0. The maximum absolute atomic E-state index is 10.8. The molecule has 0 heterocycles. The third kappa shape index (κ3) is 3.06. The molecule has 0 amide bonds. The molecule has 0 fully saturated rings. The van der Waals surface area contributed by atoms with Crippen LogP contribution in [0.1, 0.15) is 38.5 Å². The van der Waals surface area contributed by atoms with Crippen LogP contribution in [0.3, 0.4) is 0 Å². The van der Waals surface area contributed by atoms with Gasteiger partial charge in [0.2, 0.25) is 5.24 Å². The molecule has 0 aromatic heterocycles. The van der Waals surface area contributed by atoms with E-state index < -0.39 is 0 Å². The van der Waals surface area contributed by atoms with E-state index >= 15 is 0 Å². The lowest BCUT2D eigenvalue weighted by Crippen LogP contribution is -1.96. The van der Waals surface area contributed by atoms with Gasteiger partial charge in [0, 0.05) is 5.57 Å². The SMILES string of the molecule is O=C(Cl)C1=CCCCCCC1. The Morgan fingerprint density at radius 1 is 1.27 bits per heavy atom.